The molecule has 5 heteroatoms. The molecule has 0 aromatic heterocycles. The van der Waals surface area contributed by atoms with E-state index in [9.17, 15) is 9.59 Å². The number of methoxy groups -OCH3 is 1. The van der Waals surface area contributed by atoms with Crippen LogP contribution in [0.15, 0.2) is 36.9 Å². The van der Waals surface area contributed by atoms with Crippen molar-refractivity contribution in [3.05, 3.63) is 42.5 Å². The van der Waals surface area contributed by atoms with Crippen LogP contribution < -0.4 is 4.74 Å². The smallest absolute Gasteiger partial charge is 0.245 e. The number of carbonyl (C=O) groups excluding carboxylic acids is 2. The van der Waals surface area contributed by atoms with Gasteiger partial charge in [0.15, 0.2) is 0 Å². The Morgan fingerprint density at radius 2 is 1.96 bits per heavy atom. The minimum atomic E-state index is -0.0929. The number of likely N-dealkylation sites (tertiary alicyclic amines) is 2. The van der Waals surface area contributed by atoms with Gasteiger partial charge in [-0.05, 0) is 50.0 Å². The van der Waals surface area contributed by atoms with Gasteiger partial charge < -0.3 is 14.5 Å². The molecule has 3 unspecified atom stereocenters. The number of hydrogen-bond acceptors (Lipinski definition) is 3. The number of amides is 2. The maximum absolute atomic E-state index is 13.1. The van der Waals surface area contributed by atoms with Crippen LogP contribution in [0.3, 0.4) is 0 Å². The van der Waals surface area contributed by atoms with Gasteiger partial charge in [0.05, 0.1) is 13.0 Å². The van der Waals surface area contributed by atoms with E-state index in [1.54, 1.807) is 12.0 Å². The standard InChI is InChI=1S/C21H28N2O3/c1-4-20(24)22-11-5-6-17(13-22)21(25)23-14-18(12-15(23)2)16-7-9-19(26-3)10-8-16/h4,7-10,15,17-18H,1,5-6,11-14H2,2-3H3. The van der Waals surface area contributed by atoms with Crippen molar-refractivity contribution in [2.45, 2.75) is 38.1 Å². The lowest BCUT2D eigenvalue weighted by Crippen LogP contribution is -2.47. The Morgan fingerprint density at radius 3 is 2.62 bits per heavy atom. The Hall–Kier alpha value is -2.30. The molecule has 0 N–H and O–H groups in total. The van der Waals surface area contributed by atoms with Gasteiger partial charge in [0.25, 0.3) is 0 Å². The van der Waals surface area contributed by atoms with Crippen molar-refractivity contribution >= 4 is 11.8 Å². The second-order valence-electron chi connectivity index (χ2n) is 7.37. The van der Waals surface area contributed by atoms with E-state index in [2.05, 4.69) is 25.6 Å². The lowest BCUT2D eigenvalue weighted by atomic mass is 9.96. The highest BCUT2D eigenvalue weighted by Gasteiger charge is 2.38. The molecule has 3 atom stereocenters. The van der Waals surface area contributed by atoms with E-state index in [-0.39, 0.29) is 23.8 Å². The highest BCUT2D eigenvalue weighted by Crippen LogP contribution is 2.34. The highest BCUT2D eigenvalue weighted by molar-refractivity contribution is 5.88. The Kier molecular flexibility index (Phi) is 5.64. The monoisotopic (exact) mass is 356 g/mol. The van der Waals surface area contributed by atoms with Crippen LogP contribution in [-0.2, 0) is 9.59 Å². The summed E-state index contributed by atoms with van der Waals surface area (Å²) in [7, 11) is 1.66. The average molecular weight is 356 g/mol. The fourth-order valence-electron chi connectivity index (χ4n) is 4.20. The van der Waals surface area contributed by atoms with Gasteiger partial charge >= 0.3 is 0 Å². The molecule has 0 bridgehead atoms. The molecule has 2 heterocycles. The van der Waals surface area contributed by atoms with Crippen molar-refractivity contribution in [1.82, 2.24) is 9.80 Å². The summed E-state index contributed by atoms with van der Waals surface area (Å²) in [4.78, 5) is 28.7. The minimum Gasteiger partial charge on any atom is -0.497 e. The van der Waals surface area contributed by atoms with Gasteiger partial charge in [-0.1, -0.05) is 18.7 Å². The topological polar surface area (TPSA) is 49.9 Å². The molecule has 1 aromatic rings. The molecule has 2 aliphatic rings. The van der Waals surface area contributed by atoms with Crippen LogP contribution in [0.2, 0.25) is 0 Å². The maximum atomic E-state index is 13.1. The van der Waals surface area contributed by atoms with Crippen LogP contribution >= 0.6 is 0 Å². The molecule has 140 valence electrons. The van der Waals surface area contributed by atoms with Crippen molar-refractivity contribution < 1.29 is 14.3 Å². The minimum absolute atomic E-state index is 0.0759. The first-order chi connectivity index (χ1) is 12.5. The summed E-state index contributed by atoms with van der Waals surface area (Å²) in [6, 6.07) is 8.36. The second-order valence-corrected chi connectivity index (χ2v) is 7.37. The molecule has 3 rings (SSSR count). The summed E-state index contributed by atoms with van der Waals surface area (Å²) >= 11 is 0. The third-order valence-corrected chi connectivity index (χ3v) is 5.70. The molecule has 0 radical (unpaired) electrons. The summed E-state index contributed by atoms with van der Waals surface area (Å²) in [6.07, 6.45) is 4.04. The van der Waals surface area contributed by atoms with Crippen LogP contribution in [0.1, 0.15) is 37.7 Å². The Labute approximate surface area is 155 Å². The molecule has 2 aliphatic heterocycles. The lowest BCUT2D eigenvalue weighted by Gasteiger charge is -2.34. The van der Waals surface area contributed by atoms with Gasteiger partial charge in [-0.25, -0.2) is 0 Å². The van der Waals surface area contributed by atoms with E-state index in [1.807, 2.05) is 17.0 Å². The highest BCUT2D eigenvalue weighted by atomic mass is 16.5. The Bertz CT molecular complexity index is 670. The second kappa shape index (κ2) is 7.94. The third kappa shape index (κ3) is 3.76. The van der Waals surface area contributed by atoms with Crippen LogP contribution in [0.4, 0.5) is 0 Å². The maximum Gasteiger partial charge on any atom is 0.245 e. The van der Waals surface area contributed by atoms with E-state index in [1.165, 1.54) is 11.6 Å². The molecule has 1 aromatic carbocycles. The van der Waals surface area contributed by atoms with E-state index >= 15 is 0 Å². The molecule has 2 saturated heterocycles. The zero-order valence-corrected chi connectivity index (χ0v) is 15.7. The molecule has 0 saturated carbocycles. The number of rotatable bonds is 4. The average Bonchev–Trinajstić information content (AvgIpc) is 3.08. The quantitative estimate of drug-likeness (QED) is 0.780. The fraction of sp³-hybridized carbons (Fsp3) is 0.524. The van der Waals surface area contributed by atoms with E-state index in [4.69, 9.17) is 4.74 Å². The van der Waals surface area contributed by atoms with Crippen LogP contribution in [0.5, 0.6) is 5.75 Å². The number of ether oxygens (including phenoxy) is 1. The van der Waals surface area contributed by atoms with Crippen molar-refractivity contribution in [2.24, 2.45) is 5.92 Å². The predicted octanol–water partition coefficient (Wildman–Crippen LogP) is 2.82. The predicted molar refractivity (Wildman–Crippen MR) is 101 cm³/mol. The molecular weight excluding hydrogens is 328 g/mol. The third-order valence-electron chi connectivity index (χ3n) is 5.70. The van der Waals surface area contributed by atoms with Gasteiger partial charge in [0, 0.05) is 31.6 Å². The van der Waals surface area contributed by atoms with Gasteiger partial charge in [0.2, 0.25) is 11.8 Å². The van der Waals surface area contributed by atoms with Crippen molar-refractivity contribution in [1.29, 1.82) is 0 Å². The zero-order valence-electron chi connectivity index (χ0n) is 15.7. The van der Waals surface area contributed by atoms with Crippen molar-refractivity contribution in [3.8, 4) is 5.75 Å². The van der Waals surface area contributed by atoms with Crippen molar-refractivity contribution in [2.75, 3.05) is 26.7 Å². The number of nitrogens with zero attached hydrogens (tertiary/aromatic N) is 2. The number of piperidine rings is 1. The Morgan fingerprint density at radius 1 is 1.23 bits per heavy atom. The van der Waals surface area contributed by atoms with E-state index < -0.39 is 0 Å². The number of benzene rings is 1. The summed E-state index contributed by atoms with van der Waals surface area (Å²) in [5, 5.41) is 0. The van der Waals surface area contributed by atoms with Crippen LogP contribution in [0.25, 0.3) is 0 Å². The SMILES string of the molecule is C=CC(=O)N1CCCC(C(=O)N2CC(c3ccc(OC)cc3)CC2C)C1. The molecule has 2 fully saturated rings. The van der Waals surface area contributed by atoms with E-state index in [0.717, 1.165) is 38.1 Å². The first kappa shape index (κ1) is 18.5. The number of hydrogen-bond donors (Lipinski definition) is 0. The zero-order chi connectivity index (χ0) is 18.7. The first-order valence-corrected chi connectivity index (χ1v) is 9.39. The van der Waals surface area contributed by atoms with E-state index in [0.29, 0.717) is 12.5 Å². The first-order valence-electron chi connectivity index (χ1n) is 9.39. The Balaban J connectivity index is 1.66. The van der Waals surface area contributed by atoms with Crippen LogP contribution in [-0.4, -0.2) is 54.4 Å². The van der Waals surface area contributed by atoms with Crippen molar-refractivity contribution in [3.63, 3.8) is 0 Å². The largest absolute Gasteiger partial charge is 0.497 e. The summed E-state index contributed by atoms with van der Waals surface area (Å²) in [5.41, 5.74) is 1.25. The fourth-order valence-corrected chi connectivity index (χ4v) is 4.20. The molecular formula is C21H28N2O3. The van der Waals surface area contributed by atoms with Gasteiger partial charge in [-0.3, -0.25) is 9.59 Å². The molecule has 2 amide bonds. The molecule has 0 aliphatic carbocycles. The summed E-state index contributed by atoms with van der Waals surface area (Å²) in [6.45, 7) is 7.66. The normalized spacial score (nSPS) is 25.8. The lowest BCUT2D eigenvalue weighted by molar-refractivity contribution is -0.139. The number of carbonyl (C=O) groups is 2. The van der Waals surface area contributed by atoms with Gasteiger partial charge in [0.1, 0.15) is 5.75 Å². The van der Waals surface area contributed by atoms with Crippen LogP contribution in [0, 0.1) is 5.92 Å². The molecule has 5 nitrogen and oxygen atoms in total. The molecule has 26 heavy (non-hydrogen) atoms. The van der Waals surface area contributed by atoms with Gasteiger partial charge in [-0.2, -0.15) is 0 Å². The van der Waals surface area contributed by atoms with Gasteiger partial charge in [-0.15, -0.1) is 0 Å². The molecule has 0 spiro atoms. The summed E-state index contributed by atoms with van der Waals surface area (Å²) < 4.78 is 5.23. The summed E-state index contributed by atoms with van der Waals surface area (Å²) in [5.74, 6) is 1.23.